The Morgan fingerprint density at radius 3 is 2.50 bits per heavy atom. The third kappa shape index (κ3) is 6.20. The SMILES string of the molecule is O=C(NCC1CCC(OCCOc2ccc(F)cc2)CC1)c1ccc(=O)[nH]c1. The average molecular weight is 388 g/mol. The number of ether oxygens (including phenoxy) is 2. The molecule has 0 saturated heterocycles. The van der Waals surface area contributed by atoms with E-state index >= 15 is 0 Å². The molecule has 2 N–H and O–H groups in total. The Kier molecular flexibility index (Phi) is 7.19. The molecule has 1 aliphatic carbocycles. The van der Waals surface area contributed by atoms with E-state index in [1.165, 1.54) is 30.5 Å². The van der Waals surface area contributed by atoms with E-state index in [1.807, 2.05) is 0 Å². The first-order valence-corrected chi connectivity index (χ1v) is 9.57. The predicted molar refractivity (Wildman–Crippen MR) is 103 cm³/mol. The molecule has 6 nitrogen and oxygen atoms in total. The molecule has 1 heterocycles. The Labute approximate surface area is 163 Å². The second kappa shape index (κ2) is 10.0. The fraction of sp³-hybridized carbons (Fsp3) is 0.429. The monoisotopic (exact) mass is 388 g/mol. The lowest BCUT2D eigenvalue weighted by atomic mass is 9.87. The summed E-state index contributed by atoms with van der Waals surface area (Å²) in [4.78, 5) is 25.6. The van der Waals surface area contributed by atoms with E-state index in [0.717, 1.165) is 25.7 Å². The van der Waals surface area contributed by atoms with Crippen molar-refractivity contribution in [1.29, 1.82) is 0 Å². The quantitative estimate of drug-likeness (QED) is 0.682. The molecule has 0 bridgehead atoms. The lowest BCUT2D eigenvalue weighted by molar-refractivity contribution is 0.00439. The zero-order chi connectivity index (χ0) is 19.8. The Morgan fingerprint density at radius 2 is 1.82 bits per heavy atom. The van der Waals surface area contributed by atoms with Crippen molar-refractivity contribution in [1.82, 2.24) is 10.3 Å². The molecular weight excluding hydrogens is 363 g/mol. The molecule has 0 radical (unpaired) electrons. The highest BCUT2D eigenvalue weighted by Gasteiger charge is 2.22. The van der Waals surface area contributed by atoms with E-state index in [1.54, 1.807) is 12.1 Å². The molecule has 0 unspecified atom stereocenters. The Bertz CT molecular complexity index is 793. The largest absolute Gasteiger partial charge is 0.491 e. The van der Waals surface area contributed by atoms with Crippen LogP contribution in [0.5, 0.6) is 5.75 Å². The molecule has 1 aliphatic rings. The van der Waals surface area contributed by atoms with Crippen LogP contribution in [0.4, 0.5) is 4.39 Å². The smallest absolute Gasteiger partial charge is 0.252 e. The van der Waals surface area contributed by atoms with Crippen LogP contribution in [0.15, 0.2) is 47.4 Å². The van der Waals surface area contributed by atoms with Gasteiger partial charge in [0.15, 0.2) is 0 Å². The van der Waals surface area contributed by atoms with Gasteiger partial charge in [-0.3, -0.25) is 9.59 Å². The van der Waals surface area contributed by atoms with Gasteiger partial charge in [-0.2, -0.15) is 0 Å². The van der Waals surface area contributed by atoms with Gasteiger partial charge < -0.3 is 19.8 Å². The van der Waals surface area contributed by atoms with Gasteiger partial charge in [0.05, 0.1) is 18.3 Å². The number of hydrogen-bond donors (Lipinski definition) is 2. The first-order chi connectivity index (χ1) is 13.6. The van der Waals surface area contributed by atoms with E-state index < -0.39 is 0 Å². The fourth-order valence-electron chi connectivity index (χ4n) is 3.30. The van der Waals surface area contributed by atoms with E-state index in [9.17, 15) is 14.0 Å². The predicted octanol–water partition coefficient (Wildman–Crippen LogP) is 2.90. The third-order valence-corrected chi connectivity index (χ3v) is 4.91. The Hall–Kier alpha value is -2.67. The maximum atomic E-state index is 12.8. The third-order valence-electron chi connectivity index (χ3n) is 4.91. The van der Waals surface area contributed by atoms with Crippen molar-refractivity contribution in [3.8, 4) is 5.75 Å². The number of hydrogen-bond acceptors (Lipinski definition) is 4. The molecule has 0 spiro atoms. The van der Waals surface area contributed by atoms with Gasteiger partial charge in [-0.1, -0.05) is 0 Å². The second-order valence-electron chi connectivity index (χ2n) is 6.97. The number of rotatable bonds is 8. The van der Waals surface area contributed by atoms with Crippen LogP contribution in [0.25, 0.3) is 0 Å². The van der Waals surface area contributed by atoms with Crippen LogP contribution in [0.2, 0.25) is 0 Å². The number of benzene rings is 1. The highest BCUT2D eigenvalue weighted by molar-refractivity contribution is 5.93. The van der Waals surface area contributed by atoms with Crippen molar-refractivity contribution in [2.75, 3.05) is 19.8 Å². The molecule has 150 valence electrons. The van der Waals surface area contributed by atoms with E-state index in [2.05, 4.69) is 10.3 Å². The minimum atomic E-state index is -0.282. The second-order valence-corrected chi connectivity index (χ2v) is 6.97. The van der Waals surface area contributed by atoms with Gasteiger partial charge in [0.1, 0.15) is 18.2 Å². The van der Waals surface area contributed by atoms with Crippen molar-refractivity contribution in [3.05, 3.63) is 64.3 Å². The van der Waals surface area contributed by atoms with E-state index in [4.69, 9.17) is 9.47 Å². The summed E-state index contributed by atoms with van der Waals surface area (Å²) in [6.45, 7) is 1.55. The van der Waals surface area contributed by atoms with Gasteiger partial charge >= 0.3 is 0 Å². The van der Waals surface area contributed by atoms with Crippen LogP contribution in [-0.4, -0.2) is 36.8 Å². The lowest BCUT2D eigenvalue weighted by Gasteiger charge is -2.28. The number of pyridine rings is 1. The number of aromatic amines is 1. The summed E-state index contributed by atoms with van der Waals surface area (Å²) < 4.78 is 24.2. The van der Waals surface area contributed by atoms with Crippen LogP contribution in [0, 0.1) is 11.7 Å². The van der Waals surface area contributed by atoms with E-state index in [0.29, 0.717) is 37.0 Å². The fourth-order valence-corrected chi connectivity index (χ4v) is 3.30. The molecule has 0 aliphatic heterocycles. The van der Waals surface area contributed by atoms with Gasteiger partial charge in [-0.05, 0) is 61.9 Å². The summed E-state index contributed by atoms with van der Waals surface area (Å²) in [6.07, 6.45) is 5.54. The molecule has 28 heavy (non-hydrogen) atoms. The number of amides is 1. The molecule has 1 saturated carbocycles. The number of aromatic nitrogens is 1. The molecule has 1 aromatic carbocycles. The number of carbonyl (C=O) groups excluding carboxylic acids is 1. The number of nitrogens with one attached hydrogen (secondary N) is 2. The molecule has 0 atom stereocenters. The summed E-state index contributed by atoms with van der Waals surface area (Å²) in [5.41, 5.74) is 0.232. The normalized spacial score (nSPS) is 19.2. The van der Waals surface area contributed by atoms with Gasteiger partial charge in [0.25, 0.3) is 5.91 Å². The minimum Gasteiger partial charge on any atom is -0.491 e. The van der Waals surface area contributed by atoms with Crippen LogP contribution < -0.4 is 15.6 Å². The van der Waals surface area contributed by atoms with Crippen molar-refractivity contribution in [2.45, 2.75) is 31.8 Å². The van der Waals surface area contributed by atoms with Gasteiger partial charge in [0.2, 0.25) is 5.56 Å². The summed E-state index contributed by atoms with van der Waals surface area (Å²) in [5.74, 6) is 0.608. The number of carbonyl (C=O) groups is 1. The summed E-state index contributed by atoms with van der Waals surface area (Å²) in [6, 6.07) is 8.80. The van der Waals surface area contributed by atoms with Gasteiger partial charge in [-0.15, -0.1) is 0 Å². The van der Waals surface area contributed by atoms with E-state index in [-0.39, 0.29) is 23.4 Å². The molecule has 1 fully saturated rings. The standard InChI is InChI=1S/C21H25FN2O4/c22-17-4-8-19(9-5-17)28-12-11-27-18-6-1-15(2-7-18)13-24-21(26)16-3-10-20(25)23-14-16/h3-5,8-10,14-15,18H,1-2,6-7,11-13H2,(H,23,25)(H,24,26). The first-order valence-electron chi connectivity index (χ1n) is 9.57. The van der Waals surface area contributed by atoms with Crippen LogP contribution in [0.1, 0.15) is 36.0 Å². The molecular formula is C21H25FN2O4. The topological polar surface area (TPSA) is 80.4 Å². The molecule has 7 heteroatoms. The zero-order valence-corrected chi connectivity index (χ0v) is 15.7. The molecule has 2 aromatic rings. The van der Waals surface area contributed by atoms with Crippen LogP contribution in [0.3, 0.4) is 0 Å². The highest BCUT2D eigenvalue weighted by Crippen LogP contribution is 2.25. The maximum absolute atomic E-state index is 12.8. The average Bonchev–Trinajstić information content (AvgIpc) is 2.72. The summed E-state index contributed by atoms with van der Waals surface area (Å²) >= 11 is 0. The number of H-pyrrole nitrogens is 1. The summed E-state index contributed by atoms with van der Waals surface area (Å²) in [7, 11) is 0. The van der Waals surface area contributed by atoms with Gasteiger partial charge in [-0.25, -0.2) is 4.39 Å². The van der Waals surface area contributed by atoms with Crippen molar-refractivity contribution >= 4 is 5.91 Å². The first kappa shape index (κ1) is 20.1. The Morgan fingerprint density at radius 1 is 1.07 bits per heavy atom. The molecule has 1 amide bonds. The van der Waals surface area contributed by atoms with Crippen molar-refractivity contribution in [3.63, 3.8) is 0 Å². The lowest BCUT2D eigenvalue weighted by Crippen LogP contribution is -2.33. The zero-order valence-electron chi connectivity index (χ0n) is 15.7. The Balaban J connectivity index is 1.29. The number of halogens is 1. The molecule has 3 rings (SSSR count). The van der Waals surface area contributed by atoms with Crippen molar-refractivity contribution < 1.29 is 18.7 Å². The maximum Gasteiger partial charge on any atom is 0.252 e. The highest BCUT2D eigenvalue weighted by atomic mass is 19.1. The van der Waals surface area contributed by atoms with Crippen molar-refractivity contribution in [2.24, 2.45) is 5.92 Å². The van der Waals surface area contributed by atoms with Crippen LogP contribution in [-0.2, 0) is 4.74 Å². The molecule has 1 aromatic heterocycles. The van der Waals surface area contributed by atoms with Gasteiger partial charge in [0, 0.05) is 18.8 Å². The van der Waals surface area contributed by atoms with Crippen LogP contribution >= 0.6 is 0 Å². The summed E-state index contributed by atoms with van der Waals surface area (Å²) in [5, 5.41) is 2.93. The minimum absolute atomic E-state index is 0.174.